The molecule has 1 amide bonds. The summed E-state index contributed by atoms with van der Waals surface area (Å²) >= 11 is 0. The number of nitrogens with one attached hydrogen (secondary N) is 2. The minimum atomic E-state index is -0.289. The Balaban J connectivity index is 1.77. The maximum atomic E-state index is 12.9. The summed E-state index contributed by atoms with van der Waals surface area (Å²) in [5, 5.41) is 10.2. The molecule has 0 saturated carbocycles. The van der Waals surface area contributed by atoms with E-state index >= 15 is 0 Å². The van der Waals surface area contributed by atoms with Gasteiger partial charge in [0.15, 0.2) is 0 Å². The molecule has 110 valence electrons. The Kier molecular flexibility index (Phi) is 3.96. The minimum absolute atomic E-state index is 0.0421. The zero-order chi connectivity index (χ0) is 14.7. The lowest BCUT2D eigenvalue weighted by atomic mass is 10.1. The zero-order valence-corrected chi connectivity index (χ0v) is 11.6. The molecule has 0 unspecified atom stereocenters. The molecule has 0 atom stereocenters. The van der Waals surface area contributed by atoms with E-state index in [-0.39, 0.29) is 11.7 Å². The van der Waals surface area contributed by atoms with E-state index in [9.17, 15) is 9.18 Å². The van der Waals surface area contributed by atoms with Crippen LogP contribution >= 0.6 is 0 Å². The summed E-state index contributed by atoms with van der Waals surface area (Å²) in [6.07, 6.45) is 0.949. The highest BCUT2D eigenvalue weighted by Gasteiger charge is 2.19. The highest BCUT2D eigenvalue weighted by atomic mass is 19.1. The van der Waals surface area contributed by atoms with Crippen molar-refractivity contribution in [3.63, 3.8) is 0 Å². The average Bonchev–Trinajstić information content (AvgIpc) is 2.83. The highest BCUT2D eigenvalue weighted by Crippen LogP contribution is 2.18. The van der Waals surface area contributed by atoms with Crippen LogP contribution in [0, 0.1) is 5.82 Å². The van der Waals surface area contributed by atoms with Crippen molar-refractivity contribution < 1.29 is 9.18 Å². The lowest BCUT2D eigenvalue weighted by Crippen LogP contribution is -2.34. The molecule has 21 heavy (non-hydrogen) atoms. The maximum absolute atomic E-state index is 12.9. The largest absolute Gasteiger partial charge is 0.336 e. The molecule has 0 spiro atoms. The summed E-state index contributed by atoms with van der Waals surface area (Å²) in [7, 11) is 0. The first-order chi connectivity index (χ1) is 10.2. The molecule has 0 radical (unpaired) electrons. The topological polar surface area (TPSA) is 61.0 Å². The maximum Gasteiger partial charge on any atom is 0.271 e. The predicted octanol–water partition coefficient (Wildman–Crippen LogP) is 1.65. The van der Waals surface area contributed by atoms with Crippen LogP contribution in [0.15, 0.2) is 30.3 Å². The summed E-state index contributed by atoms with van der Waals surface area (Å²) in [5.74, 6) is -0.331. The molecule has 1 saturated heterocycles. The summed E-state index contributed by atoms with van der Waals surface area (Å²) in [5.41, 5.74) is 1.90. The highest BCUT2D eigenvalue weighted by molar-refractivity contribution is 5.93. The van der Waals surface area contributed by atoms with Crippen LogP contribution in [-0.2, 0) is 0 Å². The quantitative estimate of drug-likeness (QED) is 0.883. The van der Waals surface area contributed by atoms with Crippen molar-refractivity contribution in [1.29, 1.82) is 0 Å². The molecule has 0 bridgehead atoms. The van der Waals surface area contributed by atoms with E-state index in [1.54, 1.807) is 18.2 Å². The Hall–Kier alpha value is -2.21. The van der Waals surface area contributed by atoms with Gasteiger partial charge in [-0.1, -0.05) is 0 Å². The molecule has 1 aliphatic heterocycles. The number of aromatic nitrogens is 2. The van der Waals surface area contributed by atoms with Crippen molar-refractivity contribution in [3.8, 4) is 11.3 Å². The average molecular weight is 288 g/mol. The Morgan fingerprint density at radius 2 is 2.00 bits per heavy atom. The number of carbonyl (C=O) groups is 1. The van der Waals surface area contributed by atoms with Crippen LogP contribution < -0.4 is 5.32 Å². The van der Waals surface area contributed by atoms with Gasteiger partial charge < -0.3 is 10.2 Å². The third-order valence-corrected chi connectivity index (χ3v) is 3.58. The normalized spacial score (nSPS) is 15.8. The fraction of sp³-hybridized carbons (Fsp3) is 0.333. The van der Waals surface area contributed by atoms with Crippen LogP contribution in [0.4, 0.5) is 4.39 Å². The summed E-state index contributed by atoms with van der Waals surface area (Å²) in [6, 6.07) is 7.77. The molecule has 5 nitrogen and oxygen atoms in total. The molecule has 3 rings (SSSR count). The number of H-pyrrole nitrogens is 1. The van der Waals surface area contributed by atoms with Crippen LogP contribution in [0.3, 0.4) is 0 Å². The van der Waals surface area contributed by atoms with Crippen molar-refractivity contribution in [2.45, 2.75) is 6.42 Å². The number of hydrogen-bond donors (Lipinski definition) is 2. The molecule has 1 aromatic heterocycles. The van der Waals surface area contributed by atoms with Crippen molar-refractivity contribution in [2.75, 3.05) is 26.2 Å². The fourth-order valence-corrected chi connectivity index (χ4v) is 2.42. The number of aromatic amines is 1. The Morgan fingerprint density at radius 3 is 2.81 bits per heavy atom. The van der Waals surface area contributed by atoms with E-state index in [0.29, 0.717) is 17.9 Å². The molecule has 1 fully saturated rings. The molecule has 0 aliphatic carbocycles. The van der Waals surface area contributed by atoms with Crippen LogP contribution in [0.1, 0.15) is 16.9 Å². The van der Waals surface area contributed by atoms with E-state index < -0.39 is 0 Å². The second kappa shape index (κ2) is 6.05. The Labute approximate surface area is 122 Å². The Morgan fingerprint density at radius 1 is 1.19 bits per heavy atom. The first kappa shape index (κ1) is 13.8. The van der Waals surface area contributed by atoms with Crippen LogP contribution in [0.5, 0.6) is 0 Å². The molecule has 2 N–H and O–H groups in total. The molecular weight excluding hydrogens is 271 g/mol. The van der Waals surface area contributed by atoms with Gasteiger partial charge in [-0.05, 0) is 43.3 Å². The van der Waals surface area contributed by atoms with Gasteiger partial charge in [0, 0.05) is 25.2 Å². The molecule has 6 heteroatoms. The second-order valence-corrected chi connectivity index (χ2v) is 5.07. The van der Waals surface area contributed by atoms with Gasteiger partial charge >= 0.3 is 0 Å². The van der Waals surface area contributed by atoms with Crippen molar-refractivity contribution in [3.05, 3.63) is 41.8 Å². The summed E-state index contributed by atoms with van der Waals surface area (Å²) in [4.78, 5) is 14.2. The molecule has 1 aromatic carbocycles. The van der Waals surface area contributed by atoms with Crippen molar-refractivity contribution in [1.82, 2.24) is 20.4 Å². The van der Waals surface area contributed by atoms with Gasteiger partial charge in [0.2, 0.25) is 0 Å². The molecule has 2 aromatic rings. The lowest BCUT2D eigenvalue weighted by Gasteiger charge is -2.18. The molecular formula is C15H17FN4O. The number of benzene rings is 1. The SMILES string of the molecule is O=C(c1cc(-c2ccc(F)cc2)n[nH]1)N1CCCNCC1. The van der Waals surface area contributed by atoms with Gasteiger partial charge in [-0.25, -0.2) is 4.39 Å². The molecule has 2 heterocycles. The van der Waals surface area contributed by atoms with Gasteiger partial charge in [-0.3, -0.25) is 9.89 Å². The number of halogens is 1. The number of amides is 1. The zero-order valence-electron chi connectivity index (χ0n) is 11.6. The predicted molar refractivity (Wildman–Crippen MR) is 77.4 cm³/mol. The standard InChI is InChI=1S/C15H17FN4O/c16-12-4-2-11(3-5-12)13-10-14(19-18-13)15(21)20-8-1-6-17-7-9-20/h2-5,10,17H,1,6-9H2,(H,18,19). The van der Waals surface area contributed by atoms with Gasteiger partial charge in [-0.2, -0.15) is 5.10 Å². The smallest absolute Gasteiger partial charge is 0.271 e. The van der Waals surface area contributed by atoms with Gasteiger partial charge in [-0.15, -0.1) is 0 Å². The van der Waals surface area contributed by atoms with E-state index in [0.717, 1.165) is 31.6 Å². The summed E-state index contributed by atoms with van der Waals surface area (Å²) in [6.45, 7) is 3.19. The van der Waals surface area contributed by atoms with Gasteiger partial charge in [0.05, 0.1) is 5.69 Å². The van der Waals surface area contributed by atoms with Crippen LogP contribution in [0.2, 0.25) is 0 Å². The van der Waals surface area contributed by atoms with E-state index in [1.807, 2.05) is 4.90 Å². The first-order valence-electron chi connectivity index (χ1n) is 7.05. The van der Waals surface area contributed by atoms with Crippen LogP contribution in [0.25, 0.3) is 11.3 Å². The number of nitrogens with zero attached hydrogens (tertiary/aromatic N) is 2. The van der Waals surface area contributed by atoms with Gasteiger partial charge in [0.25, 0.3) is 5.91 Å². The number of rotatable bonds is 2. The minimum Gasteiger partial charge on any atom is -0.336 e. The third kappa shape index (κ3) is 3.11. The van der Waals surface area contributed by atoms with E-state index in [2.05, 4.69) is 15.5 Å². The van der Waals surface area contributed by atoms with E-state index in [1.165, 1.54) is 12.1 Å². The number of hydrogen-bond acceptors (Lipinski definition) is 3. The first-order valence-corrected chi connectivity index (χ1v) is 7.05. The third-order valence-electron chi connectivity index (χ3n) is 3.58. The summed E-state index contributed by atoms with van der Waals surface area (Å²) < 4.78 is 12.9. The molecule has 1 aliphatic rings. The van der Waals surface area contributed by atoms with E-state index in [4.69, 9.17) is 0 Å². The van der Waals surface area contributed by atoms with Crippen LogP contribution in [-0.4, -0.2) is 47.2 Å². The fourth-order valence-electron chi connectivity index (χ4n) is 2.42. The van der Waals surface area contributed by atoms with Crippen molar-refractivity contribution >= 4 is 5.91 Å². The lowest BCUT2D eigenvalue weighted by molar-refractivity contribution is 0.0760. The Bertz CT molecular complexity index is 615. The van der Waals surface area contributed by atoms with Crippen molar-refractivity contribution in [2.24, 2.45) is 0 Å². The number of carbonyl (C=O) groups excluding carboxylic acids is 1. The monoisotopic (exact) mass is 288 g/mol. The van der Waals surface area contributed by atoms with Gasteiger partial charge in [0.1, 0.15) is 11.5 Å². The second-order valence-electron chi connectivity index (χ2n) is 5.07.